The van der Waals surface area contributed by atoms with Gasteiger partial charge in [-0.05, 0) is 32.0 Å². The van der Waals surface area contributed by atoms with E-state index in [1.54, 1.807) is 0 Å². The summed E-state index contributed by atoms with van der Waals surface area (Å²) in [6, 6.07) is 2.25. The van der Waals surface area contributed by atoms with Gasteiger partial charge in [0.25, 0.3) is 0 Å². The van der Waals surface area contributed by atoms with Crippen LogP contribution in [0, 0.1) is 0 Å². The molecule has 3 nitrogen and oxygen atoms in total. The minimum Gasteiger partial charge on any atom is -0.491 e. The average molecular weight is 204 g/mol. The molecule has 0 aromatic carbocycles. The molecule has 1 aromatic heterocycles. The van der Waals surface area contributed by atoms with Crippen LogP contribution in [0.3, 0.4) is 0 Å². The lowest BCUT2D eigenvalue weighted by molar-refractivity contribution is 0.355. The van der Waals surface area contributed by atoms with E-state index >= 15 is 0 Å². The standard InChI is InChI=1S/C12H16N2O/c1-4-13-5-2-9(1)11-7-10-3-6-15-12(10)8-14-11/h7-9,13H,1-6H2. The van der Waals surface area contributed by atoms with Gasteiger partial charge in [-0.3, -0.25) is 4.98 Å². The Morgan fingerprint density at radius 1 is 1.33 bits per heavy atom. The molecule has 1 saturated heterocycles. The van der Waals surface area contributed by atoms with Crippen LogP contribution in [0.2, 0.25) is 0 Å². The van der Waals surface area contributed by atoms with Crippen LogP contribution in [0.4, 0.5) is 0 Å². The van der Waals surface area contributed by atoms with Crippen molar-refractivity contribution in [2.24, 2.45) is 0 Å². The number of hydrogen-bond donors (Lipinski definition) is 1. The van der Waals surface area contributed by atoms with Gasteiger partial charge >= 0.3 is 0 Å². The molecule has 1 aromatic rings. The lowest BCUT2D eigenvalue weighted by Crippen LogP contribution is -2.27. The number of rotatable bonds is 1. The van der Waals surface area contributed by atoms with Crippen LogP contribution in [0.15, 0.2) is 12.3 Å². The van der Waals surface area contributed by atoms with Gasteiger partial charge < -0.3 is 10.1 Å². The molecule has 1 N–H and O–H groups in total. The fourth-order valence-electron chi connectivity index (χ4n) is 2.44. The molecule has 15 heavy (non-hydrogen) atoms. The zero-order valence-electron chi connectivity index (χ0n) is 8.83. The van der Waals surface area contributed by atoms with Crippen molar-refractivity contribution in [1.82, 2.24) is 10.3 Å². The Labute approximate surface area is 89.9 Å². The van der Waals surface area contributed by atoms with E-state index in [4.69, 9.17) is 4.74 Å². The summed E-state index contributed by atoms with van der Waals surface area (Å²) in [6.07, 6.45) is 5.38. The molecule has 80 valence electrons. The van der Waals surface area contributed by atoms with Crippen molar-refractivity contribution in [2.45, 2.75) is 25.2 Å². The highest BCUT2D eigenvalue weighted by atomic mass is 16.5. The Morgan fingerprint density at radius 2 is 2.20 bits per heavy atom. The molecule has 0 radical (unpaired) electrons. The minimum absolute atomic E-state index is 0.650. The van der Waals surface area contributed by atoms with Gasteiger partial charge in [-0.25, -0.2) is 0 Å². The summed E-state index contributed by atoms with van der Waals surface area (Å²) in [7, 11) is 0. The number of nitrogens with zero attached hydrogens (tertiary/aromatic N) is 1. The molecule has 0 spiro atoms. The molecule has 0 atom stereocenters. The van der Waals surface area contributed by atoms with Gasteiger partial charge in [0.1, 0.15) is 5.75 Å². The van der Waals surface area contributed by atoms with Gasteiger partial charge in [0.15, 0.2) is 0 Å². The van der Waals surface area contributed by atoms with Crippen LogP contribution in [0.5, 0.6) is 5.75 Å². The predicted molar refractivity (Wildman–Crippen MR) is 58.3 cm³/mol. The lowest BCUT2D eigenvalue weighted by atomic mass is 9.93. The van der Waals surface area contributed by atoms with Gasteiger partial charge in [0, 0.05) is 23.6 Å². The van der Waals surface area contributed by atoms with Crippen LogP contribution < -0.4 is 10.1 Å². The van der Waals surface area contributed by atoms with Crippen LogP contribution in [0.25, 0.3) is 0 Å². The third-order valence-corrected chi connectivity index (χ3v) is 3.36. The smallest absolute Gasteiger partial charge is 0.140 e. The fraction of sp³-hybridized carbons (Fsp3) is 0.583. The maximum Gasteiger partial charge on any atom is 0.140 e. The fourth-order valence-corrected chi connectivity index (χ4v) is 2.44. The zero-order chi connectivity index (χ0) is 10.1. The number of ether oxygens (including phenoxy) is 1. The highest BCUT2D eigenvalue weighted by Gasteiger charge is 2.19. The molecule has 3 heterocycles. The lowest BCUT2D eigenvalue weighted by Gasteiger charge is -2.22. The molecule has 1 fully saturated rings. The Morgan fingerprint density at radius 3 is 3.07 bits per heavy atom. The maximum atomic E-state index is 5.47. The largest absolute Gasteiger partial charge is 0.491 e. The summed E-state index contributed by atoms with van der Waals surface area (Å²) in [6.45, 7) is 3.08. The van der Waals surface area contributed by atoms with Crippen molar-refractivity contribution in [3.8, 4) is 5.75 Å². The van der Waals surface area contributed by atoms with E-state index in [1.807, 2.05) is 6.20 Å². The van der Waals surface area contributed by atoms with Gasteiger partial charge in [-0.2, -0.15) is 0 Å². The third kappa shape index (κ3) is 1.72. The van der Waals surface area contributed by atoms with Crippen molar-refractivity contribution in [2.75, 3.05) is 19.7 Å². The van der Waals surface area contributed by atoms with E-state index in [0.717, 1.165) is 31.9 Å². The monoisotopic (exact) mass is 204 g/mol. The molecule has 0 amide bonds. The Balaban J connectivity index is 1.85. The summed E-state index contributed by atoms with van der Waals surface area (Å²) in [5.41, 5.74) is 2.61. The maximum absolute atomic E-state index is 5.47. The third-order valence-electron chi connectivity index (χ3n) is 3.36. The highest BCUT2D eigenvalue weighted by Crippen LogP contribution is 2.29. The second kappa shape index (κ2) is 3.81. The molecule has 0 unspecified atom stereocenters. The van der Waals surface area contributed by atoms with E-state index in [-0.39, 0.29) is 0 Å². The summed E-state index contributed by atoms with van der Waals surface area (Å²) in [5.74, 6) is 1.64. The highest BCUT2D eigenvalue weighted by molar-refractivity contribution is 5.36. The normalized spacial score (nSPS) is 21.1. The first-order chi connectivity index (χ1) is 7.43. The topological polar surface area (TPSA) is 34.2 Å². The van der Waals surface area contributed by atoms with E-state index < -0.39 is 0 Å². The number of fused-ring (bicyclic) bond motifs is 1. The zero-order valence-corrected chi connectivity index (χ0v) is 8.83. The number of aromatic nitrogens is 1. The molecule has 3 heteroatoms. The first kappa shape index (κ1) is 9.16. The minimum atomic E-state index is 0.650. The molecule has 2 aliphatic heterocycles. The predicted octanol–water partition coefficient (Wildman–Crippen LogP) is 1.48. The van der Waals surface area contributed by atoms with Crippen LogP contribution >= 0.6 is 0 Å². The van der Waals surface area contributed by atoms with Crippen molar-refractivity contribution in [3.05, 3.63) is 23.5 Å². The molecule has 3 rings (SSSR count). The number of hydrogen-bond acceptors (Lipinski definition) is 3. The van der Waals surface area contributed by atoms with E-state index in [9.17, 15) is 0 Å². The average Bonchev–Trinajstić information content (AvgIpc) is 2.77. The van der Waals surface area contributed by atoms with Crippen LogP contribution in [-0.4, -0.2) is 24.7 Å². The number of pyridine rings is 1. The second-order valence-corrected chi connectivity index (χ2v) is 4.34. The van der Waals surface area contributed by atoms with Gasteiger partial charge in [-0.1, -0.05) is 0 Å². The molecule has 0 aliphatic carbocycles. The van der Waals surface area contributed by atoms with Crippen molar-refractivity contribution >= 4 is 0 Å². The van der Waals surface area contributed by atoms with E-state index in [1.165, 1.54) is 24.1 Å². The summed E-state index contributed by atoms with van der Waals surface area (Å²) in [5, 5.41) is 3.38. The van der Waals surface area contributed by atoms with E-state index in [0.29, 0.717) is 5.92 Å². The first-order valence-corrected chi connectivity index (χ1v) is 5.76. The summed E-state index contributed by atoms with van der Waals surface area (Å²) >= 11 is 0. The SMILES string of the molecule is c1c(C2CCNCC2)ncc2c1CCO2. The first-order valence-electron chi connectivity index (χ1n) is 5.76. The van der Waals surface area contributed by atoms with Crippen LogP contribution in [-0.2, 0) is 6.42 Å². The van der Waals surface area contributed by atoms with Crippen molar-refractivity contribution < 1.29 is 4.74 Å². The van der Waals surface area contributed by atoms with Crippen LogP contribution in [0.1, 0.15) is 30.0 Å². The van der Waals surface area contributed by atoms with Gasteiger partial charge in [0.05, 0.1) is 12.8 Å². The van der Waals surface area contributed by atoms with Gasteiger partial charge in [0.2, 0.25) is 0 Å². The number of nitrogens with one attached hydrogen (secondary N) is 1. The Kier molecular flexibility index (Phi) is 2.33. The summed E-state index contributed by atoms with van der Waals surface area (Å²) in [4.78, 5) is 4.52. The van der Waals surface area contributed by atoms with Crippen molar-refractivity contribution in [1.29, 1.82) is 0 Å². The molecule has 0 bridgehead atoms. The van der Waals surface area contributed by atoms with Crippen molar-refractivity contribution in [3.63, 3.8) is 0 Å². The molecular formula is C12H16N2O. The molecule has 0 saturated carbocycles. The quantitative estimate of drug-likeness (QED) is 0.752. The molecular weight excluding hydrogens is 188 g/mol. The Hall–Kier alpha value is -1.09. The molecule has 2 aliphatic rings. The number of piperidine rings is 1. The summed E-state index contributed by atoms with van der Waals surface area (Å²) < 4.78 is 5.47. The Bertz CT molecular complexity index is 359. The second-order valence-electron chi connectivity index (χ2n) is 4.34. The van der Waals surface area contributed by atoms with Gasteiger partial charge in [-0.15, -0.1) is 0 Å². The van der Waals surface area contributed by atoms with E-state index in [2.05, 4.69) is 16.4 Å².